The third-order valence-corrected chi connectivity index (χ3v) is 3.80. The Bertz CT molecular complexity index is 654. The molecule has 1 aliphatic heterocycles. The summed E-state index contributed by atoms with van der Waals surface area (Å²) in [5, 5.41) is 14.3. The van der Waals surface area contributed by atoms with Crippen molar-refractivity contribution in [1.82, 2.24) is 25.6 Å². The van der Waals surface area contributed by atoms with Crippen LogP contribution in [0.2, 0.25) is 0 Å². The van der Waals surface area contributed by atoms with E-state index >= 15 is 0 Å². The molecular weight excluding hydrogens is 285 g/mol. The summed E-state index contributed by atoms with van der Waals surface area (Å²) in [6.45, 7) is 3.20. The smallest absolute Gasteiger partial charge is 0.237 e. The fourth-order valence-electron chi connectivity index (χ4n) is 2.62. The normalized spacial score (nSPS) is 21.0. The van der Waals surface area contributed by atoms with Crippen LogP contribution in [0.15, 0.2) is 30.5 Å². The average molecular weight is 303 g/mol. The molecule has 22 heavy (non-hydrogen) atoms. The zero-order valence-corrected chi connectivity index (χ0v) is 12.3. The number of hydrogen-bond donors (Lipinski definition) is 2. The summed E-state index contributed by atoms with van der Waals surface area (Å²) in [4.78, 5) is 11.8. The van der Waals surface area contributed by atoms with Crippen LogP contribution in [-0.4, -0.2) is 40.0 Å². The molecule has 2 unspecified atom stereocenters. The molecule has 0 radical (unpaired) electrons. The second-order valence-electron chi connectivity index (χ2n) is 5.34. The van der Waals surface area contributed by atoms with Crippen molar-refractivity contribution in [2.75, 3.05) is 13.1 Å². The van der Waals surface area contributed by atoms with E-state index in [0.29, 0.717) is 25.2 Å². The highest BCUT2D eigenvalue weighted by Gasteiger charge is 2.30. The van der Waals surface area contributed by atoms with Crippen molar-refractivity contribution >= 4 is 5.91 Å². The second-order valence-corrected chi connectivity index (χ2v) is 5.34. The molecule has 2 atom stereocenters. The third kappa shape index (κ3) is 2.99. The number of likely N-dealkylation sites (N-methyl/N-ethyl adjacent to an activating group) is 1. The minimum absolute atomic E-state index is 0.0175. The van der Waals surface area contributed by atoms with Gasteiger partial charge in [-0.05, 0) is 37.6 Å². The van der Waals surface area contributed by atoms with Gasteiger partial charge in [0.05, 0.1) is 18.3 Å². The van der Waals surface area contributed by atoms with Crippen LogP contribution in [0.1, 0.15) is 19.4 Å². The van der Waals surface area contributed by atoms with Crippen LogP contribution in [0.25, 0.3) is 11.3 Å². The topological polar surface area (TPSA) is 71.8 Å². The third-order valence-electron chi connectivity index (χ3n) is 3.80. The largest absolute Gasteiger partial charge is 0.355 e. The first-order valence-electron chi connectivity index (χ1n) is 7.36. The zero-order valence-electron chi connectivity index (χ0n) is 12.3. The number of halogens is 1. The number of aromatic nitrogens is 3. The lowest BCUT2D eigenvalue weighted by Crippen LogP contribution is -2.40. The fourth-order valence-corrected chi connectivity index (χ4v) is 2.62. The lowest BCUT2D eigenvalue weighted by Gasteiger charge is -2.10. The Labute approximate surface area is 127 Å². The maximum absolute atomic E-state index is 12.9. The molecule has 0 bridgehead atoms. The molecule has 1 aromatic carbocycles. The molecule has 1 saturated heterocycles. The maximum Gasteiger partial charge on any atom is 0.237 e. The molecule has 1 fully saturated rings. The van der Waals surface area contributed by atoms with Crippen LogP contribution < -0.4 is 10.6 Å². The summed E-state index contributed by atoms with van der Waals surface area (Å²) in [5.41, 5.74) is 1.51. The summed E-state index contributed by atoms with van der Waals surface area (Å²) in [6, 6.07) is 6.05. The summed E-state index contributed by atoms with van der Waals surface area (Å²) in [7, 11) is 0. The fraction of sp³-hybridized carbons (Fsp3) is 0.400. The quantitative estimate of drug-likeness (QED) is 0.888. The van der Waals surface area contributed by atoms with E-state index in [2.05, 4.69) is 20.9 Å². The van der Waals surface area contributed by atoms with Gasteiger partial charge >= 0.3 is 0 Å². The van der Waals surface area contributed by atoms with Crippen molar-refractivity contribution in [2.24, 2.45) is 0 Å². The zero-order chi connectivity index (χ0) is 15.5. The highest BCUT2D eigenvalue weighted by atomic mass is 19.1. The first-order valence-corrected chi connectivity index (χ1v) is 7.36. The van der Waals surface area contributed by atoms with Gasteiger partial charge in [-0.15, -0.1) is 5.10 Å². The SMILES string of the molecule is CCNC(=O)C1CC(n2cc(-c3ccc(F)cc3)nn2)CN1. The van der Waals surface area contributed by atoms with E-state index in [4.69, 9.17) is 0 Å². The Morgan fingerprint density at radius 1 is 1.45 bits per heavy atom. The van der Waals surface area contributed by atoms with Crippen LogP contribution in [0.4, 0.5) is 4.39 Å². The number of benzene rings is 1. The van der Waals surface area contributed by atoms with Crippen LogP contribution >= 0.6 is 0 Å². The maximum atomic E-state index is 12.9. The second kappa shape index (κ2) is 6.23. The minimum atomic E-state index is -0.277. The number of hydrogen-bond acceptors (Lipinski definition) is 4. The lowest BCUT2D eigenvalue weighted by molar-refractivity contribution is -0.122. The van der Waals surface area contributed by atoms with Gasteiger partial charge in [0.15, 0.2) is 0 Å². The molecule has 0 aliphatic carbocycles. The van der Waals surface area contributed by atoms with Crippen LogP contribution in [0, 0.1) is 5.82 Å². The predicted molar refractivity (Wildman–Crippen MR) is 79.5 cm³/mol. The Hall–Kier alpha value is -2.28. The molecule has 3 rings (SSSR count). The van der Waals surface area contributed by atoms with Gasteiger partial charge in [-0.25, -0.2) is 9.07 Å². The number of rotatable bonds is 4. The molecule has 6 nitrogen and oxygen atoms in total. The van der Waals surface area contributed by atoms with Gasteiger partial charge in [0.1, 0.15) is 11.5 Å². The average Bonchev–Trinajstić information content (AvgIpc) is 3.17. The first kappa shape index (κ1) is 14.6. The van der Waals surface area contributed by atoms with Gasteiger partial charge in [-0.2, -0.15) is 0 Å². The summed E-state index contributed by atoms with van der Waals surface area (Å²) >= 11 is 0. The number of nitrogens with zero attached hydrogens (tertiary/aromatic N) is 3. The lowest BCUT2D eigenvalue weighted by atomic mass is 10.1. The molecule has 1 aromatic heterocycles. The number of carbonyl (C=O) groups excluding carboxylic acids is 1. The molecule has 1 amide bonds. The van der Waals surface area contributed by atoms with Crippen LogP contribution in [0.3, 0.4) is 0 Å². The van der Waals surface area contributed by atoms with Gasteiger partial charge in [0.25, 0.3) is 0 Å². The molecule has 116 valence electrons. The van der Waals surface area contributed by atoms with Crippen molar-refractivity contribution < 1.29 is 9.18 Å². The molecule has 2 N–H and O–H groups in total. The number of amides is 1. The molecule has 7 heteroatoms. The molecule has 2 heterocycles. The van der Waals surface area contributed by atoms with Crippen LogP contribution in [0.5, 0.6) is 0 Å². The van der Waals surface area contributed by atoms with E-state index in [1.54, 1.807) is 16.8 Å². The Morgan fingerprint density at radius 2 is 2.23 bits per heavy atom. The van der Waals surface area contributed by atoms with Crippen molar-refractivity contribution in [3.8, 4) is 11.3 Å². The van der Waals surface area contributed by atoms with E-state index in [1.807, 2.05) is 13.1 Å². The molecule has 1 aliphatic rings. The van der Waals surface area contributed by atoms with Gasteiger partial charge in [-0.3, -0.25) is 4.79 Å². The highest BCUT2D eigenvalue weighted by molar-refractivity contribution is 5.82. The highest BCUT2D eigenvalue weighted by Crippen LogP contribution is 2.22. The van der Waals surface area contributed by atoms with E-state index in [-0.39, 0.29) is 23.8 Å². The molecule has 0 spiro atoms. The number of carbonyl (C=O) groups is 1. The Balaban J connectivity index is 1.69. The van der Waals surface area contributed by atoms with Crippen molar-refractivity contribution in [3.05, 3.63) is 36.3 Å². The van der Waals surface area contributed by atoms with Gasteiger partial charge in [-0.1, -0.05) is 5.21 Å². The van der Waals surface area contributed by atoms with E-state index in [1.165, 1.54) is 12.1 Å². The Morgan fingerprint density at radius 3 is 2.95 bits per heavy atom. The Kier molecular flexibility index (Phi) is 4.15. The summed E-state index contributed by atoms with van der Waals surface area (Å²) in [6.07, 6.45) is 2.51. The summed E-state index contributed by atoms with van der Waals surface area (Å²) < 4.78 is 14.7. The van der Waals surface area contributed by atoms with Crippen LogP contribution in [-0.2, 0) is 4.79 Å². The van der Waals surface area contributed by atoms with Gasteiger partial charge in [0.2, 0.25) is 5.91 Å². The van der Waals surface area contributed by atoms with E-state index < -0.39 is 0 Å². The standard InChI is InChI=1S/C15H18FN5O/c1-2-17-15(22)13-7-12(8-18-13)21-9-14(19-20-21)10-3-5-11(16)6-4-10/h3-6,9,12-13,18H,2,7-8H2,1H3,(H,17,22). The molecular formula is C15H18FN5O. The minimum Gasteiger partial charge on any atom is -0.355 e. The molecule has 0 saturated carbocycles. The first-order chi connectivity index (χ1) is 10.7. The number of nitrogens with one attached hydrogen (secondary N) is 2. The van der Waals surface area contributed by atoms with Crippen molar-refractivity contribution in [2.45, 2.75) is 25.4 Å². The summed E-state index contributed by atoms with van der Waals surface area (Å²) in [5.74, 6) is -0.259. The van der Waals surface area contributed by atoms with Crippen molar-refractivity contribution in [3.63, 3.8) is 0 Å². The monoisotopic (exact) mass is 303 g/mol. The van der Waals surface area contributed by atoms with Gasteiger partial charge < -0.3 is 10.6 Å². The van der Waals surface area contributed by atoms with Gasteiger partial charge in [0, 0.05) is 18.7 Å². The van der Waals surface area contributed by atoms with E-state index in [9.17, 15) is 9.18 Å². The van der Waals surface area contributed by atoms with Crippen molar-refractivity contribution in [1.29, 1.82) is 0 Å². The predicted octanol–water partition coefficient (Wildman–Crippen LogP) is 1.12. The molecule has 2 aromatic rings. The van der Waals surface area contributed by atoms with E-state index in [0.717, 1.165) is 5.56 Å².